The van der Waals surface area contributed by atoms with Crippen molar-refractivity contribution in [2.24, 2.45) is 0 Å². The lowest BCUT2D eigenvalue weighted by Gasteiger charge is -2.12. The van der Waals surface area contributed by atoms with Gasteiger partial charge in [-0.05, 0) is 22.9 Å². The van der Waals surface area contributed by atoms with Gasteiger partial charge in [-0.15, -0.1) is 0 Å². The van der Waals surface area contributed by atoms with E-state index in [1.165, 1.54) is 21.5 Å². The van der Waals surface area contributed by atoms with Crippen LogP contribution >= 0.6 is 0 Å². The number of hydrogen-bond donors (Lipinski definition) is 0. The lowest BCUT2D eigenvalue weighted by Crippen LogP contribution is -2.02. The summed E-state index contributed by atoms with van der Waals surface area (Å²) in [6, 6.07) is 40.0. The summed E-state index contributed by atoms with van der Waals surface area (Å²) in [6.45, 7) is 0. The van der Waals surface area contributed by atoms with E-state index in [4.69, 9.17) is 9.97 Å². The summed E-state index contributed by atoms with van der Waals surface area (Å²) >= 11 is 0. The maximum absolute atomic E-state index is 5.08. The molecule has 0 atom stereocenters. The zero-order valence-electron chi connectivity index (χ0n) is 17.8. The van der Waals surface area contributed by atoms with Gasteiger partial charge in [0.25, 0.3) is 0 Å². The van der Waals surface area contributed by atoms with Crippen LogP contribution < -0.4 is 0 Å². The van der Waals surface area contributed by atoms with Crippen LogP contribution in [0.25, 0.3) is 61.0 Å². The predicted molar refractivity (Wildman–Crippen MR) is 136 cm³/mol. The van der Waals surface area contributed by atoms with Crippen molar-refractivity contribution >= 4 is 32.6 Å². The minimum absolute atomic E-state index is 0.724. The first-order chi connectivity index (χ1) is 16.4. The molecule has 33 heavy (non-hydrogen) atoms. The number of nitrogens with zero attached hydrogens (tertiary/aromatic N) is 3. The van der Waals surface area contributed by atoms with E-state index in [1.54, 1.807) is 0 Å². The smallest absolute Gasteiger partial charge is 0.162 e. The fraction of sp³-hybridized carbons (Fsp3) is 0. The van der Waals surface area contributed by atoms with Crippen molar-refractivity contribution in [3.8, 4) is 28.5 Å². The molecule has 0 bridgehead atoms. The van der Waals surface area contributed by atoms with Crippen LogP contribution in [0.2, 0.25) is 0 Å². The molecule has 2 aromatic heterocycles. The van der Waals surface area contributed by atoms with Gasteiger partial charge < -0.3 is 0 Å². The van der Waals surface area contributed by atoms with Gasteiger partial charge in [-0.25, -0.2) is 9.97 Å². The SMILES string of the molecule is c1ccc(-c2cc(-n3c4cccc5ccc6cccc3c6c54)nc(-c3ccccc3)n2)cc1. The van der Waals surface area contributed by atoms with E-state index >= 15 is 0 Å². The topological polar surface area (TPSA) is 30.7 Å². The fourth-order valence-electron chi connectivity index (χ4n) is 4.89. The molecule has 3 nitrogen and oxygen atoms in total. The summed E-state index contributed by atoms with van der Waals surface area (Å²) < 4.78 is 2.28. The van der Waals surface area contributed by atoms with E-state index < -0.39 is 0 Å². The molecule has 0 fully saturated rings. The average molecular weight is 422 g/mol. The zero-order valence-corrected chi connectivity index (χ0v) is 17.8. The lowest BCUT2D eigenvalue weighted by molar-refractivity contribution is 1.05. The second-order valence-electron chi connectivity index (χ2n) is 8.32. The first-order valence-corrected chi connectivity index (χ1v) is 11.1. The Labute approximate surface area is 190 Å². The predicted octanol–water partition coefficient (Wildman–Crippen LogP) is 7.50. The third-order valence-corrected chi connectivity index (χ3v) is 6.37. The van der Waals surface area contributed by atoms with Crippen molar-refractivity contribution in [3.63, 3.8) is 0 Å². The third-order valence-electron chi connectivity index (χ3n) is 6.37. The van der Waals surface area contributed by atoms with Crippen LogP contribution in [0.15, 0.2) is 115 Å². The highest BCUT2D eigenvalue weighted by Gasteiger charge is 2.18. The lowest BCUT2D eigenvalue weighted by atomic mass is 10.0. The fourth-order valence-corrected chi connectivity index (χ4v) is 4.89. The number of benzene rings is 5. The molecule has 0 amide bonds. The van der Waals surface area contributed by atoms with Crippen LogP contribution in [-0.4, -0.2) is 14.5 Å². The van der Waals surface area contributed by atoms with Crippen molar-refractivity contribution in [2.75, 3.05) is 0 Å². The summed E-state index contributed by atoms with van der Waals surface area (Å²) in [6.07, 6.45) is 0. The van der Waals surface area contributed by atoms with E-state index in [0.29, 0.717) is 0 Å². The van der Waals surface area contributed by atoms with Gasteiger partial charge in [0.1, 0.15) is 5.82 Å². The van der Waals surface area contributed by atoms with E-state index in [0.717, 1.165) is 39.5 Å². The van der Waals surface area contributed by atoms with Gasteiger partial charge in [0.2, 0.25) is 0 Å². The second-order valence-corrected chi connectivity index (χ2v) is 8.32. The van der Waals surface area contributed by atoms with E-state index in [-0.39, 0.29) is 0 Å². The summed E-state index contributed by atoms with van der Waals surface area (Å²) in [5, 5.41) is 5.06. The van der Waals surface area contributed by atoms with Crippen LogP contribution in [0.4, 0.5) is 0 Å². The van der Waals surface area contributed by atoms with Gasteiger partial charge >= 0.3 is 0 Å². The number of hydrogen-bond acceptors (Lipinski definition) is 2. The highest BCUT2D eigenvalue weighted by Crippen LogP contribution is 2.39. The Bertz CT molecular complexity index is 1620. The molecular weight excluding hydrogens is 402 g/mol. The van der Waals surface area contributed by atoms with Crippen molar-refractivity contribution in [3.05, 3.63) is 115 Å². The Balaban J connectivity index is 1.60. The van der Waals surface area contributed by atoms with Crippen LogP contribution in [0.1, 0.15) is 0 Å². The quantitative estimate of drug-likeness (QED) is 0.277. The molecule has 3 heteroatoms. The van der Waals surface area contributed by atoms with Crippen molar-refractivity contribution < 1.29 is 0 Å². The monoisotopic (exact) mass is 421 g/mol. The minimum Gasteiger partial charge on any atom is -0.294 e. The summed E-state index contributed by atoms with van der Waals surface area (Å²) in [7, 11) is 0. The molecule has 0 aliphatic rings. The summed E-state index contributed by atoms with van der Waals surface area (Å²) in [5.74, 6) is 1.60. The molecule has 5 aromatic carbocycles. The van der Waals surface area contributed by atoms with E-state index in [9.17, 15) is 0 Å². The Morgan fingerprint density at radius 3 is 1.67 bits per heavy atom. The molecule has 0 saturated carbocycles. The largest absolute Gasteiger partial charge is 0.294 e. The molecule has 0 radical (unpaired) electrons. The van der Waals surface area contributed by atoms with Gasteiger partial charge in [-0.3, -0.25) is 4.57 Å². The molecule has 0 N–H and O–H groups in total. The molecule has 154 valence electrons. The van der Waals surface area contributed by atoms with Gasteiger partial charge in [0.05, 0.1) is 16.7 Å². The van der Waals surface area contributed by atoms with Gasteiger partial charge in [-0.1, -0.05) is 97.1 Å². The van der Waals surface area contributed by atoms with Gasteiger partial charge in [-0.2, -0.15) is 0 Å². The first kappa shape index (κ1) is 18.1. The number of aromatic nitrogens is 3. The molecule has 0 unspecified atom stereocenters. The highest BCUT2D eigenvalue weighted by atomic mass is 15.1. The minimum atomic E-state index is 0.724. The first-order valence-electron chi connectivity index (χ1n) is 11.1. The van der Waals surface area contributed by atoms with Crippen molar-refractivity contribution in [1.29, 1.82) is 0 Å². The second kappa shape index (κ2) is 7.01. The summed E-state index contributed by atoms with van der Waals surface area (Å²) in [4.78, 5) is 10.0. The normalized spacial score (nSPS) is 11.6. The van der Waals surface area contributed by atoms with E-state index in [2.05, 4.69) is 83.4 Å². The molecule has 0 aliphatic carbocycles. The Morgan fingerprint density at radius 2 is 1.06 bits per heavy atom. The average Bonchev–Trinajstić information content (AvgIpc) is 3.24. The highest BCUT2D eigenvalue weighted by molar-refractivity contribution is 6.24. The third kappa shape index (κ3) is 2.76. The van der Waals surface area contributed by atoms with Gasteiger partial charge in [0, 0.05) is 28.0 Å². The Kier molecular flexibility index (Phi) is 3.84. The van der Waals surface area contributed by atoms with Crippen molar-refractivity contribution in [2.45, 2.75) is 0 Å². The van der Waals surface area contributed by atoms with Crippen LogP contribution in [0, 0.1) is 0 Å². The molecule has 0 aliphatic heterocycles. The summed E-state index contributed by atoms with van der Waals surface area (Å²) in [5.41, 5.74) is 5.32. The standard InChI is InChI=1S/C30H19N3/c1-3-9-20(10-4-1)24-19-27(32-30(31-24)23-11-5-2-6-12-23)33-25-15-7-13-21-17-18-22-14-8-16-26(33)29(22)28(21)25/h1-19H. The molecule has 7 aromatic rings. The van der Waals surface area contributed by atoms with E-state index in [1.807, 2.05) is 36.4 Å². The Morgan fingerprint density at radius 1 is 0.485 bits per heavy atom. The number of rotatable bonds is 3. The molecule has 0 spiro atoms. The Hall–Kier alpha value is -4.50. The zero-order chi connectivity index (χ0) is 21.8. The maximum Gasteiger partial charge on any atom is 0.162 e. The molecule has 0 saturated heterocycles. The van der Waals surface area contributed by atoms with Crippen LogP contribution in [0.5, 0.6) is 0 Å². The molecule has 7 rings (SSSR count). The van der Waals surface area contributed by atoms with Crippen LogP contribution in [0.3, 0.4) is 0 Å². The van der Waals surface area contributed by atoms with Crippen molar-refractivity contribution in [1.82, 2.24) is 14.5 Å². The molecule has 2 heterocycles. The maximum atomic E-state index is 5.08. The molecular formula is C30H19N3. The van der Waals surface area contributed by atoms with Gasteiger partial charge in [0.15, 0.2) is 5.82 Å². The van der Waals surface area contributed by atoms with Crippen LogP contribution in [-0.2, 0) is 0 Å².